The smallest absolute Gasteiger partial charge is 0.448 e. The maximum Gasteiger partial charge on any atom is 1.00 e. The first kappa shape index (κ1) is 17.3. The van der Waals surface area contributed by atoms with Gasteiger partial charge in [0.15, 0.2) is 0 Å². The van der Waals surface area contributed by atoms with Gasteiger partial charge in [-0.25, -0.2) is 4.79 Å². The summed E-state index contributed by atoms with van der Waals surface area (Å²) in [4.78, 5) is 13.0. The molecule has 2 fully saturated rings. The normalized spacial score (nSPS) is 26.8. The zero-order valence-electron chi connectivity index (χ0n) is 11.8. The number of amides is 1. The molecule has 8 heteroatoms. The van der Waals surface area contributed by atoms with E-state index in [0.29, 0.717) is 0 Å². The summed E-state index contributed by atoms with van der Waals surface area (Å²) in [7, 11) is 0. The third kappa shape index (κ3) is 3.34. The Morgan fingerprint density at radius 2 is 2.00 bits per heavy atom. The van der Waals surface area contributed by atoms with Gasteiger partial charge in [0.25, 0.3) is 0 Å². The first-order chi connectivity index (χ1) is 9.42. The SMILES string of the molecule is O=C(OCc1ccccc1)N1CC2CC2([B-](F)(F)F)C1.[K+]. The first-order valence-electron chi connectivity index (χ1n) is 6.57. The Morgan fingerprint density at radius 1 is 1.33 bits per heavy atom. The Morgan fingerprint density at radius 3 is 2.57 bits per heavy atom. The Balaban J connectivity index is 0.00000161. The van der Waals surface area contributed by atoms with Crippen molar-refractivity contribution in [1.29, 1.82) is 0 Å². The summed E-state index contributed by atoms with van der Waals surface area (Å²) in [5, 5.41) is -1.61. The van der Waals surface area contributed by atoms with E-state index >= 15 is 0 Å². The molecule has 3 rings (SSSR count). The second kappa shape index (κ2) is 6.23. The Kier molecular flexibility index (Phi) is 5.15. The van der Waals surface area contributed by atoms with Crippen LogP contribution in [0.5, 0.6) is 0 Å². The number of nitrogens with zero attached hydrogens (tertiary/aromatic N) is 1. The number of carbonyl (C=O) groups excluding carboxylic acids is 1. The van der Waals surface area contributed by atoms with Gasteiger partial charge in [-0.1, -0.05) is 36.8 Å². The topological polar surface area (TPSA) is 29.5 Å². The molecule has 3 nitrogen and oxygen atoms in total. The average molecular weight is 323 g/mol. The van der Waals surface area contributed by atoms with Crippen LogP contribution in [0, 0.1) is 5.92 Å². The summed E-state index contributed by atoms with van der Waals surface area (Å²) in [6.45, 7) is -4.88. The number of carbonyl (C=O) groups is 1. The number of fused-ring (bicyclic) bond motifs is 1. The number of hydrogen-bond acceptors (Lipinski definition) is 2. The van der Waals surface area contributed by atoms with Crippen LogP contribution in [0.15, 0.2) is 30.3 Å². The summed E-state index contributed by atoms with van der Waals surface area (Å²) in [6.07, 6.45) is -0.487. The predicted octanol–water partition coefficient (Wildman–Crippen LogP) is 0.251. The monoisotopic (exact) mass is 323 g/mol. The molecule has 1 saturated heterocycles. The minimum atomic E-state index is -4.89. The van der Waals surface area contributed by atoms with Gasteiger partial charge in [0.1, 0.15) is 6.61 Å². The van der Waals surface area contributed by atoms with Crippen molar-refractivity contribution >= 4 is 13.1 Å². The minimum absolute atomic E-state index is 0. The van der Waals surface area contributed by atoms with Crippen molar-refractivity contribution in [3.63, 3.8) is 0 Å². The van der Waals surface area contributed by atoms with Crippen LogP contribution >= 0.6 is 0 Å². The Bertz CT molecular complexity index is 528. The first-order valence-corrected chi connectivity index (χ1v) is 6.57. The summed E-state index contributed by atoms with van der Waals surface area (Å²) in [6, 6.07) is 9.07. The zero-order valence-corrected chi connectivity index (χ0v) is 14.9. The molecule has 0 spiro atoms. The molecule has 1 aliphatic carbocycles. The van der Waals surface area contributed by atoms with Gasteiger partial charge in [0.05, 0.1) is 0 Å². The number of likely N-dealkylation sites (tertiary alicyclic amines) is 1. The van der Waals surface area contributed by atoms with Crippen molar-refractivity contribution in [2.75, 3.05) is 13.1 Å². The van der Waals surface area contributed by atoms with Gasteiger partial charge in [-0.05, 0) is 16.8 Å². The van der Waals surface area contributed by atoms with E-state index in [4.69, 9.17) is 4.74 Å². The van der Waals surface area contributed by atoms with Crippen LogP contribution in [0.3, 0.4) is 0 Å². The third-order valence-corrected chi connectivity index (χ3v) is 4.32. The molecule has 0 N–H and O–H groups in total. The second-order valence-electron chi connectivity index (χ2n) is 5.63. The van der Waals surface area contributed by atoms with Crippen molar-refractivity contribution in [3.8, 4) is 0 Å². The van der Waals surface area contributed by atoms with E-state index in [1.54, 1.807) is 12.1 Å². The number of halogens is 3. The van der Waals surface area contributed by atoms with E-state index in [-0.39, 0.29) is 77.5 Å². The second-order valence-corrected chi connectivity index (χ2v) is 5.63. The van der Waals surface area contributed by atoms with E-state index in [2.05, 4.69) is 0 Å². The number of hydrogen-bond donors (Lipinski definition) is 0. The van der Waals surface area contributed by atoms with Crippen LogP contribution in [-0.4, -0.2) is 31.1 Å². The number of rotatable bonds is 3. The van der Waals surface area contributed by atoms with Crippen molar-refractivity contribution in [2.45, 2.75) is 18.3 Å². The summed E-state index contributed by atoms with van der Waals surface area (Å²) >= 11 is 0. The molecule has 1 amide bonds. The fourth-order valence-electron chi connectivity index (χ4n) is 2.98. The number of ether oxygens (including phenoxy) is 1. The van der Waals surface area contributed by atoms with Crippen LogP contribution in [0.2, 0.25) is 5.31 Å². The molecule has 2 aliphatic rings. The van der Waals surface area contributed by atoms with Gasteiger partial charge in [-0.3, -0.25) is 0 Å². The van der Waals surface area contributed by atoms with Gasteiger partial charge >= 0.3 is 64.5 Å². The Hall–Kier alpha value is -0.0187. The van der Waals surface area contributed by atoms with Crippen LogP contribution in [0.4, 0.5) is 17.7 Å². The third-order valence-electron chi connectivity index (χ3n) is 4.32. The van der Waals surface area contributed by atoms with E-state index < -0.39 is 24.3 Å². The van der Waals surface area contributed by atoms with E-state index in [9.17, 15) is 17.7 Å². The van der Waals surface area contributed by atoms with Crippen LogP contribution in [0.1, 0.15) is 12.0 Å². The van der Waals surface area contributed by atoms with Gasteiger partial charge in [-0.15, -0.1) is 0 Å². The van der Waals surface area contributed by atoms with Gasteiger partial charge < -0.3 is 22.6 Å². The average Bonchev–Trinajstić information content (AvgIpc) is 3.00. The van der Waals surface area contributed by atoms with Crippen molar-refractivity contribution in [1.82, 2.24) is 4.90 Å². The predicted molar refractivity (Wildman–Crippen MR) is 68.1 cm³/mol. The molecule has 1 saturated carbocycles. The number of benzene rings is 1. The van der Waals surface area contributed by atoms with E-state index in [1.807, 2.05) is 18.2 Å². The number of piperidine rings is 1. The van der Waals surface area contributed by atoms with Crippen LogP contribution in [-0.2, 0) is 11.3 Å². The standard InChI is InChI=1S/C13H14BF3NO2.K/c15-14(16,17)13-6-11(13)7-18(9-13)12(19)20-8-10-4-2-1-3-5-10;/h1-5,11H,6-9H2;/q-1;+1. The van der Waals surface area contributed by atoms with Crippen LogP contribution < -0.4 is 51.4 Å². The van der Waals surface area contributed by atoms with E-state index in [1.165, 1.54) is 4.90 Å². The molecule has 108 valence electrons. The zero-order chi connectivity index (χ0) is 14.4. The largest absolute Gasteiger partial charge is 1.00 e. The molecule has 1 aromatic rings. The van der Waals surface area contributed by atoms with Crippen LogP contribution in [0.25, 0.3) is 0 Å². The maximum atomic E-state index is 13.0. The van der Waals surface area contributed by atoms with Crippen molar-refractivity contribution in [3.05, 3.63) is 35.9 Å². The van der Waals surface area contributed by atoms with E-state index in [0.717, 1.165) is 5.56 Å². The summed E-state index contributed by atoms with van der Waals surface area (Å²) in [5.41, 5.74) is 0.819. The summed E-state index contributed by atoms with van der Waals surface area (Å²) < 4.78 is 43.9. The molecular weight excluding hydrogens is 309 g/mol. The molecule has 1 aliphatic heterocycles. The summed E-state index contributed by atoms with van der Waals surface area (Å²) in [5.74, 6) is -0.424. The molecule has 21 heavy (non-hydrogen) atoms. The molecule has 1 aromatic carbocycles. The molecule has 0 radical (unpaired) electrons. The minimum Gasteiger partial charge on any atom is -0.448 e. The molecule has 0 aromatic heterocycles. The molecule has 2 atom stereocenters. The molecule has 2 unspecified atom stereocenters. The fourth-order valence-corrected chi connectivity index (χ4v) is 2.98. The Labute approximate surface area is 163 Å². The van der Waals surface area contributed by atoms with Gasteiger partial charge in [-0.2, -0.15) is 0 Å². The van der Waals surface area contributed by atoms with Crippen molar-refractivity contribution < 1.29 is 73.9 Å². The van der Waals surface area contributed by atoms with Gasteiger partial charge in [0.2, 0.25) is 0 Å². The van der Waals surface area contributed by atoms with Crippen molar-refractivity contribution in [2.24, 2.45) is 5.92 Å². The maximum absolute atomic E-state index is 13.0. The quantitative estimate of drug-likeness (QED) is 0.747. The fraction of sp³-hybridized carbons (Fsp3) is 0.462. The molecule has 1 heterocycles. The molecule has 0 bridgehead atoms. The molecular formula is C13H14BF3KNO2. The van der Waals surface area contributed by atoms with Gasteiger partial charge in [0, 0.05) is 13.1 Å².